The van der Waals surface area contributed by atoms with E-state index in [1.807, 2.05) is 19.1 Å². The minimum atomic E-state index is -0.0591. The van der Waals surface area contributed by atoms with Crippen LogP contribution in [0.4, 0.5) is 0 Å². The number of amides is 1. The van der Waals surface area contributed by atoms with E-state index in [-0.39, 0.29) is 11.7 Å². The summed E-state index contributed by atoms with van der Waals surface area (Å²) in [7, 11) is 0. The number of hydrogen-bond donors (Lipinski definition) is 2. The van der Waals surface area contributed by atoms with Gasteiger partial charge in [-0.05, 0) is 36.8 Å². The third kappa shape index (κ3) is 3.07. The maximum atomic E-state index is 11.7. The number of phenolic OH excluding ortho intramolecular Hbond substituents is 1. The van der Waals surface area contributed by atoms with Crippen molar-refractivity contribution in [2.45, 2.75) is 13.5 Å². The third-order valence-electron chi connectivity index (χ3n) is 2.35. The average molecular weight is 247 g/mol. The molecule has 0 bridgehead atoms. The molecule has 1 heterocycles. The zero-order valence-electron chi connectivity index (χ0n) is 9.43. The van der Waals surface area contributed by atoms with Gasteiger partial charge >= 0.3 is 0 Å². The third-order valence-corrected chi connectivity index (χ3v) is 3.35. The summed E-state index contributed by atoms with van der Waals surface area (Å²) in [5.41, 5.74) is 0.962. The van der Waals surface area contributed by atoms with E-state index in [9.17, 15) is 4.79 Å². The van der Waals surface area contributed by atoms with E-state index in [0.717, 1.165) is 15.3 Å². The predicted molar refractivity (Wildman–Crippen MR) is 68.3 cm³/mol. The summed E-state index contributed by atoms with van der Waals surface area (Å²) >= 11 is 1.48. The largest absolute Gasteiger partial charge is 0.508 e. The molecule has 0 spiro atoms. The highest BCUT2D eigenvalue weighted by atomic mass is 32.1. The van der Waals surface area contributed by atoms with Gasteiger partial charge in [-0.3, -0.25) is 4.79 Å². The lowest BCUT2D eigenvalue weighted by Gasteiger charge is -2.03. The number of phenols is 1. The Morgan fingerprint density at radius 3 is 2.53 bits per heavy atom. The maximum absolute atomic E-state index is 11.7. The summed E-state index contributed by atoms with van der Waals surface area (Å²) in [6, 6.07) is 10.5. The number of benzene rings is 1. The van der Waals surface area contributed by atoms with Crippen LogP contribution in [0.15, 0.2) is 36.4 Å². The first-order valence-corrected chi connectivity index (χ1v) is 6.09. The molecule has 0 saturated heterocycles. The number of hydrogen-bond acceptors (Lipinski definition) is 3. The molecule has 2 rings (SSSR count). The molecular formula is C13H13NO2S. The molecule has 4 heteroatoms. The number of rotatable bonds is 3. The normalized spacial score (nSPS) is 10.2. The van der Waals surface area contributed by atoms with Crippen molar-refractivity contribution in [3.63, 3.8) is 0 Å². The summed E-state index contributed by atoms with van der Waals surface area (Å²) in [6.45, 7) is 2.44. The molecular weight excluding hydrogens is 234 g/mol. The van der Waals surface area contributed by atoms with Gasteiger partial charge in [0.15, 0.2) is 0 Å². The van der Waals surface area contributed by atoms with Gasteiger partial charge in [0.05, 0.1) is 4.88 Å². The second kappa shape index (κ2) is 5.01. The van der Waals surface area contributed by atoms with E-state index in [0.29, 0.717) is 6.54 Å². The van der Waals surface area contributed by atoms with Gasteiger partial charge in [-0.2, -0.15) is 0 Å². The molecule has 0 aliphatic carbocycles. The molecule has 1 aromatic carbocycles. The lowest BCUT2D eigenvalue weighted by molar-refractivity contribution is 0.0955. The molecule has 17 heavy (non-hydrogen) atoms. The van der Waals surface area contributed by atoms with Crippen molar-refractivity contribution in [1.82, 2.24) is 5.32 Å². The molecule has 0 saturated carbocycles. The number of aromatic hydroxyl groups is 1. The lowest BCUT2D eigenvalue weighted by Crippen LogP contribution is -2.21. The molecule has 2 N–H and O–H groups in total. The Bertz CT molecular complexity index is 516. The van der Waals surface area contributed by atoms with Crippen LogP contribution in [0.25, 0.3) is 0 Å². The summed E-state index contributed by atoms with van der Waals surface area (Å²) in [5.74, 6) is 0.171. The molecule has 2 aromatic rings. The Balaban J connectivity index is 1.94. The highest BCUT2D eigenvalue weighted by molar-refractivity contribution is 7.13. The monoisotopic (exact) mass is 247 g/mol. The van der Waals surface area contributed by atoms with Crippen LogP contribution in [0.5, 0.6) is 5.75 Å². The summed E-state index contributed by atoms with van der Waals surface area (Å²) in [4.78, 5) is 13.6. The minimum Gasteiger partial charge on any atom is -0.508 e. The summed E-state index contributed by atoms with van der Waals surface area (Å²) in [5, 5.41) is 12.0. The fourth-order valence-electron chi connectivity index (χ4n) is 1.44. The molecule has 0 fully saturated rings. The quantitative estimate of drug-likeness (QED) is 0.876. The van der Waals surface area contributed by atoms with Crippen LogP contribution >= 0.6 is 11.3 Å². The van der Waals surface area contributed by atoms with Crippen molar-refractivity contribution < 1.29 is 9.90 Å². The number of carbonyl (C=O) groups excluding carboxylic acids is 1. The van der Waals surface area contributed by atoms with E-state index in [2.05, 4.69) is 5.32 Å². The van der Waals surface area contributed by atoms with Gasteiger partial charge in [0.1, 0.15) is 5.75 Å². The smallest absolute Gasteiger partial charge is 0.261 e. The Kier molecular flexibility index (Phi) is 3.44. The molecule has 0 radical (unpaired) electrons. The van der Waals surface area contributed by atoms with Gasteiger partial charge in [0.25, 0.3) is 5.91 Å². The summed E-state index contributed by atoms with van der Waals surface area (Å²) in [6.07, 6.45) is 0. The van der Waals surface area contributed by atoms with E-state index in [1.54, 1.807) is 24.3 Å². The Labute approximate surface area is 104 Å². The minimum absolute atomic E-state index is 0.0591. The Morgan fingerprint density at radius 2 is 1.94 bits per heavy atom. The van der Waals surface area contributed by atoms with Gasteiger partial charge in [-0.1, -0.05) is 12.1 Å². The molecule has 0 atom stereocenters. The SMILES string of the molecule is Cc1ccc(C(=O)NCc2ccc(O)cc2)s1. The molecule has 1 amide bonds. The first kappa shape index (κ1) is 11.7. The molecule has 0 unspecified atom stereocenters. The van der Waals surface area contributed by atoms with Crippen molar-refractivity contribution >= 4 is 17.2 Å². The second-order valence-electron chi connectivity index (χ2n) is 3.76. The number of thiophene rings is 1. The maximum Gasteiger partial charge on any atom is 0.261 e. The van der Waals surface area contributed by atoms with Crippen molar-refractivity contribution in [2.75, 3.05) is 0 Å². The van der Waals surface area contributed by atoms with Crippen molar-refractivity contribution in [2.24, 2.45) is 0 Å². The molecule has 1 aromatic heterocycles. The van der Waals surface area contributed by atoms with Gasteiger partial charge in [0, 0.05) is 11.4 Å². The van der Waals surface area contributed by atoms with Crippen LogP contribution in [0.1, 0.15) is 20.1 Å². The van der Waals surface area contributed by atoms with Crippen LogP contribution in [0.2, 0.25) is 0 Å². The topological polar surface area (TPSA) is 49.3 Å². The van der Waals surface area contributed by atoms with Crippen LogP contribution in [-0.4, -0.2) is 11.0 Å². The van der Waals surface area contributed by atoms with Crippen LogP contribution in [-0.2, 0) is 6.54 Å². The van der Waals surface area contributed by atoms with Crippen LogP contribution in [0.3, 0.4) is 0 Å². The molecule has 0 aliphatic rings. The Hall–Kier alpha value is -1.81. The van der Waals surface area contributed by atoms with E-state index >= 15 is 0 Å². The predicted octanol–water partition coefficient (Wildman–Crippen LogP) is 2.69. The first-order chi connectivity index (χ1) is 8.15. The van der Waals surface area contributed by atoms with Crippen molar-refractivity contribution in [1.29, 1.82) is 0 Å². The zero-order valence-corrected chi connectivity index (χ0v) is 10.3. The number of carbonyl (C=O) groups is 1. The second-order valence-corrected chi connectivity index (χ2v) is 5.05. The van der Waals surface area contributed by atoms with Crippen molar-refractivity contribution in [3.8, 4) is 5.75 Å². The van der Waals surface area contributed by atoms with E-state index < -0.39 is 0 Å². The first-order valence-electron chi connectivity index (χ1n) is 5.28. The fourth-order valence-corrected chi connectivity index (χ4v) is 2.22. The molecule has 88 valence electrons. The molecule has 3 nitrogen and oxygen atoms in total. The van der Waals surface area contributed by atoms with Gasteiger partial charge in [-0.15, -0.1) is 11.3 Å². The van der Waals surface area contributed by atoms with Gasteiger partial charge in [0.2, 0.25) is 0 Å². The average Bonchev–Trinajstić information content (AvgIpc) is 2.75. The van der Waals surface area contributed by atoms with Gasteiger partial charge < -0.3 is 10.4 Å². The lowest BCUT2D eigenvalue weighted by atomic mass is 10.2. The standard InChI is InChI=1S/C13H13NO2S/c1-9-2-7-12(17-9)13(16)14-8-10-3-5-11(15)6-4-10/h2-7,15H,8H2,1H3,(H,14,16). The fraction of sp³-hybridized carbons (Fsp3) is 0.154. The van der Waals surface area contributed by atoms with E-state index in [4.69, 9.17) is 5.11 Å². The highest BCUT2D eigenvalue weighted by Crippen LogP contribution is 2.15. The van der Waals surface area contributed by atoms with Crippen LogP contribution in [0, 0.1) is 6.92 Å². The highest BCUT2D eigenvalue weighted by Gasteiger charge is 2.07. The number of aryl methyl sites for hydroxylation is 1. The van der Waals surface area contributed by atoms with E-state index in [1.165, 1.54) is 11.3 Å². The Morgan fingerprint density at radius 1 is 1.24 bits per heavy atom. The number of nitrogens with one attached hydrogen (secondary N) is 1. The van der Waals surface area contributed by atoms with Crippen LogP contribution < -0.4 is 5.32 Å². The molecule has 0 aliphatic heterocycles. The summed E-state index contributed by atoms with van der Waals surface area (Å²) < 4.78 is 0. The zero-order chi connectivity index (χ0) is 12.3. The van der Waals surface area contributed by atoms with Crippen molar-refractivity contribution in [3.05, 3.63) is 51.7 Å². The van der Waals surface area contributed by atoms with Gasteiger partial charge in [-0.25, -0.2) is 0 Å².